The number of halogens is 1. The number of nitrogens with zero attached hydrogens (tertiary/aromatic N) is 3. The van der Waals surface area contributed by atoms with E-state index < -0.39 is 0 Å². The molecule has 2 aromatic carbocycles. The first-order valence-electron chi connectivity index (χ1n) is 9.77. The number of hydrogen-bond acceptors (Lipinski definition) is 4. The quantitative estimate of drug-likeness (QED) is 0.499. The minimum atomic E-state index is -0.367. The lowest BCUT2D eigenvalue weighted by atomic mass is 10.1. The van der Waals surface area contributed by atoms with Crippen LogP contribution in [0, 0.1) is 5.82 Å². The Balaban J connectivity index is 1.41. The number of hydrogen-bond donors (Lipinski definition) is 1. The summed E-state index contributed by atoms with van der Waals surface area (Å²) < 4.78 is 21.7. The van der Waals surface area contributed by atoms with Crippen LogP contribution in [0.3, 0.4) is 0 Å². The van der Waals surface area contributed by atoms with Crippen molar-refractivity contribution in [3.05, 3.63) is 83.0 Å². The van der Waals surface area contributed by atoms with Gasteiger partial charge in [0.05, 0.1) is 18.3 Å². The Bertz CT molecular complexity index is 1300. The first kappa shape index (κ1) is 20.3. The maximum Gasteiger partial charge on any atom is 0.267 e. The highest BCUT2D eigenvalue weighted by Gasteiger charge is 2.09. The van der Waals surface area contributed by atoms with E-state index in [0.29, 0.717) is 24.5 Å². The first-order valence-corrected chi connectivity index (χ1v) is 9.77. The molecule has 2 aromatic heterocycles. The molecule has 8 heteroatoms. The van der Waals surface area contributed by atoms with Gasteiger partial charge in [0.1, 0.15) is 18.1 Å². The summed E-state index contributed by atoms with van der Waals surface area (Å²) in [6.45, 7) is 0.617. The molecule has 0 atom stereocenters. The standard InChI is InChI=1S/C23H21FN4O3/c1-31-19-4-2-3-17(13-19)20-7-8-23(30)28(26-20)15-22(29)25-10-12-27-11-9-16-5-6-18(24)14-21(16)27/h2-9,11,13-14H,10,12,15H2,1H3,(H,25,29). The van der Waals surface area contributed by atoms with Gasteiger partial charge in [-0.3, -0.25) is 9.59 Å². The third-order valence-corrected chi connectivity index (χ3v) is 4.94. The van der Waals surface area contributed by atoms with Crippen LogP contribution >= 0.6 is 0 Å². The monoisotopic (exact) mass is 420 g/mol. The summed E-state index contributed by atoms with van der Waals surface area (Å²) in [6.07, 6.45) is 1.85. The Kier molecular flexibility index (Phi) is 5.79. The van der Waals surface area contributed by atoms with Crippen LogP contribution in [0.5, 0.6) is 5.75 Å². The highest BCUT2D eigenvalue weighted by Crippen LogP contribution is 2.21. The molecule has 7 nitrogen and oxygen atoms in total. The zero-order valence-corrected chi connectivity index (χ0v) is 16.9. The number of carbonyl (C=O) groups excluding carboxylic acids is 1. The van der Waals surface area contributed by atoms with Gasteiger partial charge in [0.2, 0.25) is 5.91 Å². The van der Waals surface area contributed by atoms with Crippen LogP contribution in [0.4, 0.5) is 4.39 Å². The Morgan fingerprint density at radius 3 is 2.84 bits per heavy atom. The van der Waals surface area contributed by atoms with Crippen LogP contribution in [0.2, 0.25) is 0 Å². The fraction of sp³-hybridized carbons (Fsp3) is 0.174. The molecule has 0 aliphatic heterocycles. The van der Waals surface area contributed by atoms with E-state index in [2.05, 4.69) is 10.4 Å². The predicted octanol–water partition coefficient (Wildman–Crippen LogP) is 2.83. The number of fused-ring (bicyclic) bond motifs is 1. The highest BCUT2D eigenvalue weighted by atomic mass is 19.1. The summed E-state index contributed by atoms with van der Waals surface area (Å²) in [5, 5.41) is 8.02. The summed E-state index contributed by atoms with van der Waals surface area (Å²) in [6, 6.07) is 16.8. The lowest BCUT2D eigenvalue weighted by Crippen LogP contribution is -2.35. The van der Waals surface area contributed by atoms with Crippen molar-refractivity contribution in [3.8, 4) is 17.0 Å². The lowest BCUT2D eigenvalue weighted by Gasteiger charge is -2.10. The Morgan fingerprint density at radius 2 is 2.00 bits per heavy atom. The van der Waals surface area contributed by atoms with Crippen LogP contribution in [0.25, 0.3) is 22.2 Å². The second-order valence-corrected chi connectivity index (χ2v) is 7.01. The van der Waals surface area contributed by atoms with Gasteiger partial charge >= 0.3 is 0 Å². The van der Waals surface area contributed by atoms with Crippen LogP contribution < -0.4 is 15.6 Å². The minimum absolute atomic E-state index is 0.197. The molecule has 0 spiro atoms. The summed E-state index contributed by atoms with van der Waals surface area (Å²) in [7, 11) is 1.57. The van der Waals surface area contributed by atoms with Crippen molar-refractivity contribution >= 4 is 16.8 Å². The third-order valence-electron chi connectivity index (χ3n) is 4.94. The van der Waals surface area contributed by atoms with Gasteiger partial charge in [0.15, 0.2) is 0 Å². The third kappa shape index (κ3) is 4.63. The molecule has 4 rings (SSSR count). The molecular formula is C23H21FN4O3. The fourth-order valence-corrected chi connectivity index (χ4v) is 3.36. The summed E-state index contributed by atoms with van der Waals surface area (Å²) in [5.41, 5.74) is 1.74. The Morgan fingerprint density at radius 1 is 1.13 bits per heavy atom. The van der Waals surface area contributed by atoms with Crippen molar-refractivity contribution < 1.29 is 13.9 Å². The van der Waals surface area contributed by atoms with Crippen LogP contribution in [0.15, 0.2) is 71.7 Å². The van der Waals surface area contributed by atoms with Crippen molar-refractivity contribution in [1.82, 2.24) is 19.7 Å². The van der Waals surface area contributed by atoms with Gasteiger partial charge in [-0.15, -0.1) is 0 Å². The van der Waals surface area contributed by atoms with E-state index in [9.17, 15) is 14.0 Å². The van der Waals surface area contributed by atoms with Gasteiger partial charge in [0.25, 0.3) is 5.56 Å². The van der Waals surface area contributed by atoms with Gasteiger partial charge < -0.3 is 14.6 Å². The summed E-state index contributed by atoms with van der Waals surface area (Å²) >= 11 is 0. The highest BCUT2D eigenvalue weighted by molar-refractivity contribution is 5.80. The average molecular weight is 420 g/mol. The van der Waals surface area contributed by atoms with Crippen molar-refractivity contribution in [3.63, 3.8) is 0 Å². The first-order chi connectivity index (χ1) is 15.0. The normalized spacial score (nSPS) is 10.9. The molecule has 0 aliphatic carbocycles. The zero-order chi connectivity index (χ0) is 21.8. The average Bonchev–Trinajstić information content (AvgIpc) is 3.17. The topological polar surface area (TPSA) is 78.1 Å². The minimum Gasteiger partial charge on any atom is -0.497 e. The molecule has 31 heavy (non-hydrogen) atoms. The Hall–Kier alpha value is -3.94. The number of methoxy groups -OCH3 is 1. The van der Waals surface area contributed by atoms with E-state index in [1.807, 2.05) is 41.1 Å². The molecule has 0 bridgehead atoms. The molecule has 4 aromatic rings. The molecule has 2 heterocycles. The SMILES string of the molecule is COc1cccc(-c2ccc(=O)n(CC(=O)NCCn3ccc4ccc(F)cc43)n2)c1. The lowest BCUT2D eigenvalue weighted by molar-refractivity contribution is -0.121. The Labute approximate surface area is 177 Å². The second kappa shape index (κ2) is 8.83. The van der Waals surface area contributed by atoms with Gasteiger partial charge in [-0.2, -0.15) is 5.10 Å². The summed E-state index contributed by atoms with van der Waals surface area (Å²) in [5.74, 6) is 0.0325. The van der Waals surface area contributed by atoms with E-state index >= 15 is 0 Å². The van der Waals surface area contributed by atoms with Crippen LogP contribution in [0.1, 0.15) is 0 Å². The molecule has 0 unspecified atom stereocenters. The molecular weight excluding hydrogens is 399 g/mol. The van der Waals surface area contributed by atoms with Gasteiger partial charge in [-0.05, 0) is 47.9 Å². The molecule has 0 fully saturated rings. The maximum absolute atomic E-state index is 13.5. The number of amides is 1. The maximum atomic E-state index is 13.5. The van der Waals surface area contributed by atoms with Crippen molar-refractivity contribution in [2.24, 2.45) is 0 Å². The van der Waals surface area contributed by atoms with E-state index in [0.717, 1.165) is 21.1 Å². The molecule has 158 valence electrons. The number of carbonyl (C=O) groups is 1. The van der Waals surface area contributed by atoms with E-state index in [1.54, 1.807) is 19.2 Å². The number of aromatic nitrogens is 3. The molecule has 0 radical (unpaired) electrons. The fourth-order valence-electron chi connectivity index (χ4n) is 3.36. The van der Waals surface area contributed by atoms with Crippen LogP contribution in [-0.2, 0) is 17.9 Å². The molecule has 1 amide bonds. The predicted molar refractivity (Wildman–Crippen MR) is 115 cm³/mol. The zero-order valence-electron chi connectivity index (χ0n) is 16.9. The smallest absolute Gasteiger partial charge is 0.267 e. The van der Waals surface area contributed by atoms with E-state index in [-0.39, 0.29) is 23.8 Å². The molecule has 0 saturated carbocycles. The molecule has 0 aliphatic rings. The number of nitrogens with one attached hydrogen (secondary N) is 1. The number of rotatable bonds is 7. The van der Waals surface area contributed by atoms with Gasteiger partial charge in [0, 0.05) is 30.9 Å². The van der Waals surface area contributed by atoms with E-state index in [1.165, 1.54) is 18.2 Å². The van der Waals surface area contributed by atoms with Crippen molar-refractivity contribution in [1.29, 1.82) is 0 Å². The van der Waals surface area contributed by atoms with Crippen molar-refractivity contribution in [2.75, 3.05) is 13.7 Å². The second-order valence-electron chi connectivity index (χ2n) is 7.01. The number of ether oxygens (including phenoxy) is 1. The molecule has 1 N–H and O–H groups in total. The summed E-state index contributed by atoms with van der Waals surface area (Å²) in [4.78, 5) is 24.5. The van der Waals surface area contributed by atoms with E-state index in [4.69, 9.17) is 4.74 Å². The largest absolute Gasteiger partial charge is 0.497 e. The van der Waals surface area contributed by atoms with Gasteiger partial charge in [-0.1, -0.05) is 12.1 Å². The van der Waals surface area contributed by atoms with Gasteiger partial charge in [-0.25, -0.2) is 9.07 Å². The van der Waals surface area contributed by atoms with Crippen LogP contribution in [-0.4, -0.2) is 33.9 Å². The van der Waals surface area contributed by atoms with Crippen molar-refractivity contribution in [2.45, 2.75) is 13.1 Å². The number of benzene rings is 2. The molecule has 0 saturated heterocycles.